The van der Waals surface area contributed by atoms with E-state index < -0.39 is 15.4 Å². The molecule has 192 valence electrons. The summed E-state index contributed by atoms with van der Waals surface area (Å²) in [6, 6.07) is 14.9. The van der Waals surface area contributed by atoms with Crippen LogP contribution in [0.25, 0.3) is 0 Å². The second kappa shape index (κ2) is 9.21. The van der Waals surface area contributed by atoms with Gasteiger partial charge in [0.15, 0.2) is 0 Å². The first-order valence-electron chi connectivity index (χ1n) is 12.9. The van der Waals surface area contributed by atoms with E-state index in [0.29, 0.717) is 30.6 Å². The van der Waals surface area contributed by atoms with Gasteiger partial charge in [0.25, 0.3) is 5.91 Å². The van der Waals surface area contributed by atoms with Gasteiger partial charge in [-0.15, -0.1) is 0 Å². The number of nitrogens with zero attached hydrogens (tertiary/aromatic N) is 1. The molecule has 2 unspecified atom stereocenters. The molecule has 7 nitrogen and oxygen atoms in total. The van der Waals surface area contributed by atoms with Gasteiger partial charge in [-0.25, -0.2) is 8.42 Å². The van der Waals surface area contributed by atoms with Gasteiger partial charge in [0, 0.05) is 37.4 Å². The lowest BCUT2D eigenvalue weighted by molar-refractivity contribution is -0.128. The van der Waals surface area contributed by atoms with Gasteiger partial charge in [-0.2, -0.15) is 0 Å². The number of carbonyl (C=O) groups excluding carboxylic acids is 2. The molecule has 0 spiro atoms. The minimum absolute atomic E-state index is 0.0690. The van der Waals surface area contributed by atoms with Gasteiger partial charge in [0.05, 0.1) is 16.7 Å². The van der Waals surface area contributed by atoms with Gasteiger partial charge < -0.3 is 10.2 Å². The average Bonchev–Trinajstić information content (AvgIpc) is 3.50. The Morgan fingerprint density at radius 2 is 1.81 bits per heavy atom. The van der Waals surface area contributed by atoms with E-state index in [1.807, 2.05) is 50.2 Å². The fraction of sp³-hybridized carbons (Fsp3) is 0.500. The van der Waals surface area contributed by atoms with Crippen molar-refractivity contribution >= 4 is 33.1 Å². The van der Waals surface area contributed by atoms with Crippen LogP contribution in [-0.2, 0) is 21.4 Å². The molecule has 36 heavy (non-hydrogen) atoms. The molecule has 2 aliphatic carbocycles. The summed E-state index contributed by atoms with van der Waals surface area (Å²) in [6.45, 7) is 6.18. The number of sulfonamides is 1. The zero-order valence-electron chi connectivity index (χ0n) is 21.0. The summed E-state index contributed by atoms with van der Waals surface area (Å²) in [5.41, 5.74) is 1.42. The smallest absolute Gasteiger partial charge is 0.253 e. The number of hydrogen-bond donors (Lipinski definition) is 2. The highest BCUT2D eigenvalue weighted by atomic mass is 32.2. The monoisotopic (exact) mass is 509 g/mol. The van der Waals surface area contributed by atoms with Gasteiger partial charge in [-0.1, -0.05) is 44.2 Å². The Morgan fingerprint density at radius 3 is 2.44 bits per heavy atom. The van der Waals surface area contributed by atoms with Gasteiger partial charge in [0.2, 0.25) is 10.0 Å². The summed E-state index contributed by atoms with van der Waals surface area (Å²) in [5.74, 6) is -0.142. The summed E-state index contributed by atoms with van der Waals surface area (Å²) < 4.78 is 29.4. The normalized spacial score (nSPS) is 24.8. The number of hydrogen-bond acceptors (Lipinski definition) is 5. The Labute approximate surface area is 213 Å². The van der Waals surface area contributed by atoms with Gasteiger partial charge in [-0.05, 0) is 60.8 Å². The minimum atomic E-state index is -3.81. The van der Waals surface area contributed by atoms with Crippen LogP contribution in [-0.4, -0.2) is 39.0 Å². The number of fused-ring (bicyclic) bond motifs is 2. The largest absolute Gasteiger partial charge is 0.371 e. The zero-order valence-corrected chi connectivity index (χ0v) is 21.9. The Bertz CT molecular complexity index is 1270. The molecule has 2 bridgehead atoms. The Balaban J connectivity index is 1.38. The van der Waals surface area contributed by atoms with Crippen LogP contribution in [0.15, 0.2) is 48.5 Å². The van der Waals surface area contributed by atoms with E-state index in [9.17, 15) is 18.0 Å². The molecule has 1 amide bonds. The molecule has 1 saturated heterocycles. The predicted molar refractivity (Wildman–Crippen MR) is 141 cm³/mol. The molecule has 2 saturated carbocycles. The Kier molecular flexibility index (Phi) is 6.35. The van der Waals surface area contributed by atoms with E-state index in [4.69, 9.17) is 0 Å². The van der Waals surface area contributed by atoms with Crippen LogP contribution in [0.1, 0.15) is 61.9 Å². The van der Waals surface area contributed by atoms with Crippen LogP contribution in [0, 0.1) is 16.7 Å². The quantitative estimate of drug-likeness (QED) is 0.552. The third-order valence-corrected chi connectivity index (χ3v) is 10.3. The standard InChI is InChI=1S/C28H35N3O4S/c1-27(2)21-12-13-28(27,25(32)16-21)19-36(34,35)30-22-10-11-24(31-14-6-7-15-31)23(17-22)26(33)29-18-20-8-4-3-5-9-20/h3-5,8-11,17,21,30H,6-7,12-16,18-19H2,1-2H3,(H,29,33). The number of anilines is 2. The van der Waals surface area contributed by atoms with Crippen LogP contribution < -0.4 is 14.9 Å². The highest BCUT2D eigenvalue weighted by molar-refractivity contribution is 7.92. The van der Waals surface area contributed by atoms with E-state index >= 15 is 0 Å². The predicted octanol–water partition coefficient (Wildman–Crippen LogP) is 4.35. The molecular weight excluding hydrogens is 474 g/mol. The molecule has 2 aromatic rings. The summed E-state index contributed by atoms with van der Waals surface area (Å²) in [7, 11) is -3.81. The second-order valence-electron chi connectivity index (χ2n) is 11.1. The molecule has 1 aliphatic heterocycles. The Hall–Kier alpha value is -2.87. The molecule has 0 aromatic heterocycles. The van der Waals surface area contributed by atoms with Crippen LogP contribution >= 0.6 is 0 Å². The lowest BCUT2D eigenvalue weighted by Gasteiger charge is -2.36. The fourth-order valence-electron chi connectivity index (χ4n) is 6.54. The molecule has 3 fully saturated rings. The van der Waals surface area contributed by atoms with Crippen LogP contribution in [0.3, 0.4) is 0 Å². The third kappa shape index (κ3) is 4.40. The molecule has 0 radical (unpaired) electrons. The fourth-order valence-corrected chi connectivity index (χ4v) is 8.42. The van der Waals surface area contributed by atoms with Crippen molar-refractivity contribution in [1.29, 1.82) is 0 Å². The maximum atomic E-state index is 13.3. The number of carbonyl (C=O) groups is 2. The number of benzene rings is 2. The van der Waals surface area contributed by atoms with E-state index in [-0.39, 0.29) is 28.8 Å². The van der Waals surface area contributed by atoms with Crippen molar-refractivity contribution in [3.63, 3.8) is 0 Å². The highest BCUT2D eigenvalue weighted by Gasteiger charge is 2.65. The van der Waals surface area contributed by atoms with Crippen LogP contribution in [0.5, 0.6) is 0 Å². The number of Topliss-reactive ketones (excluding diaryl/α,β-unsaturated/α-hetero) is 1. The number of nitrogens with one attached hydrogen (secondary N) is 2. The van der Waals surface area contributed by atoms with Gasteiger partial charge >= 0.3 is 0 Å². The van der Waals surface area contributed by atoms with Crippen molar-refractivity contribution in [2.75, 3.05) is 28.5 Å². The first-order valence-corrected chi connectivity index (χ1v) is 14.5. The molecule has 5 rings (SSSR count). The van der Waals surface area contributed by atoms with Gasteiger partial charge in [0.1, 0.15) is 5.78 Å². The molecule has 8 heteroatoms. The first kappa shape index (κ1) is 24.8. The van der Waals surface area contributed by atoms with E-state index in [1.54, 1.807) is 12.1 Å². The third-order valence-electron chi connectivity index (χ3n) is 8.83. The summed E-state index contributed by atoms with van der Waals surface area (Å²) in [5, 5.41) is 2.98. The van der Waals surface area contributed by atoms with Crippen LogP contribution in [0.4, 0.5) is 11.4 Å². The van der Waals surface area contributed by atoms with E-state index in [0.717, 1.165) is 43.6 Å². The Morgan fingerprint density at radius 1 is 1.08 bits per heavy atom. The van der Waals surface area contributed by atoms with Crippen LogP contribution in [0.2, 0.25) is 0 Å². The molecule has 2 N–H and O–H groups in total. The summed E-state index contributed by atoms with van der Waals surface area (Å²) >= 11 is 0. The average molecular weight is 510 g/mol. The van der Waals surface area contributed by atoms with Crippen molar-refractivity contribution in [2.24, 2.45) is 16.7 Å². The number of ketones is 1. The second-order valence-corrected chi connectivity index (χ2v) is 12.8. The molecule has 3 aliphatic rings. The number of amides is 1. The highest BCUT2D eigenvalue weighted by Crippen LogP contribution is 2.64. The minimum Gasteiger partial charge on any atom is -0.371 e. The van der Waals surface area contributed by atoms with Crippen molar-refractivity contribution < 1.29 is 18.0 Å². The summed E-state index contributed by atoms with van der Waals surface area (Å²) in [4.78, 5) is 28.3. The summed E-state index contributed by atoms with van der Waals surface area (Å²) in [6.07, 6.45) is 4.10. The topological polar surface area (TPSA) is 95.6 Å². The van der Waals surface area contributed by atoms with E-state index in [1.165, 1.54) is 0 Å². The number of rotatable bonds is 8. The SMILES string of the molecule is CC1(C)C2CCC1(CS(=O)(=O)Nc1ccc(N3CCCC3)c(C(=O)NCc3ccccc3)c1)C(=O)C2. The maximum Gasteiger partial charge on any atom is 0.253 e. The van der Waals surface area contributed by atoms with Crippen molar-refractivity contribution in [2.45, 2.75) is 52.5 Å². The van der Waals surface area contributed by atoms with E-state index in [2.05, 4.69) is 14.9 Å². The maximum absolute atomic E-state index is 13.3. The van der Waals surface area contributed by atoms with Gasteiger partial charge in [-0.3, -0.25) is 14.3 Å². The molecule has 1 heterocycles. The van der Waals surface area contributed by atoms with Crippen molar-refractivity contribution in [3.05, 3.63) is 59.7 Å². The zero-order chi connectivity index (χ0) is 25.6. The van der Waals surface area contributed by atoms with Crippen molar-refractivity contribution in [1.82, 2.24) is 5.32 Å². The lowest BCUT2D eigenvalue weighted by Crippen LogP contribution is -2.43. The first-order chi connectivity index (χ1) is 17.1. The molecule has 2 aromatic carbocycles. The molecule has 2 atom stereocenters. The molecular formula is C28H35N3O4S. The lowest BCUT2D eigenvalue weighted by atomic mass is 9.70. The van der Waals surface area contributed by atoms with Crippen molar-refractivity contribution in [3.8, 4) is 0 Å².